The summed E-state index contributed by atoms with van der Waals surface area (Å²) in [7, 11) is 0. The Morgan fingerprint density at radius 3 is 2.85 bits per heavy atom. The van der Waals surface area contributed by atoms with E-state index in [2.05, 4.69) is 10.6 Å². The number of piperidine rings is 1. The third kappa shape index (κ3) is 4.21. The van der Waals surface area contributed by atoms with E-state index < -0.39 is 0 Å². The van der Waals surface area contributed by atoms with Crippen LogP contribution < -0.4 is 16.4 Å². The Labute approximate surface area is 119 Å². The molecule has 1 aliphatic rings. The molecule has 0 saturated carbocycles. The number of anilines is 1. The molecule has 0 spiro atoms. The summed E-state index contributed by atoms with van der Waals surface area (Å²) >= 11 is 0. The van der Waals surface area contributed by atoms with E-state index in [0.29, 0.717) is 18.3 Å². The Morgan fingerprint density at radius 2 is 2.20 bits per heavy atom. The highest BCUT2D eigenvalue weighted by atomic mass is 16.5. The highest BCUT2D eigenvalue weighted by Crippen LogP contribution is 2.14. The Kier molecular flexibility index (Phi) is 5.38. The van der Waals surface area contributed by atoms with Gasteiger partial charge in [0.1, 0.15) is 0 Å². The van der Waals surface area contributed by atoms with Gasteiger partial charge in [0.05, 0.1) is 12.7 Å². The van der Waals surface area contributed by atoms with Crippen molar-refractivity contribution in [2.24, 2.45) is 5.73 Å². The van der Waals surface area contributed by atoms with Crippen LogP contribution in [0.2, 0.25) is 0 Å². The molecule has 1 amide bonds. The van der Waals surface area contributed by atoms with Crippen LogP contribution in [0.4, 0.5) is 5.69 Å². The normalized spacial score (nSPS) is 16.1. The first-order valence-corrected chi connectivity index (χ1v) is 7.13. The van der Waals surface area contributed by atoms with E-state index in [0.717, 1.165) is 43.7 Å². The lowest BCUT2D eigenvalue weighted by atomic mass is 10.1. The number of nitrogens with one attached hydrogen (secondary N) is 2. The second-order valence-electron chi connectivity index (χ2n) is 5.14. The summed E-state index contributed by atoms with van der Waals surface area (Å²) in [6.45, 7) is 5.44. The van der Waals surface area contributed by atoms with Gasteiger partial charge in [0.2, 0.25) is 5.91 Å². The minimum absolute atomic E-state index is 0.386. The molecule has 0 radical (unpaired) electrons. The number of benzene rings is 1. The maximum Gasteiger partial charge on any atom is 0.248 e. The Balaban J connectivity index is 1.73. The van der Waals surface area contributed by atoms with E-state index in [1.807, 2.05) is 19.1 Å². The number of hydrogen-bond donors (Lipinski definition) is 3. The number of ether oxygens (including phenoxy) is 1. The van der Waals surface area contributed by atoms with Gasteiger partial charge in [-0.25, -0.2) is 0 Å². The number of rotatable bonds is 6. The fraction of sp³-hybridized carbons (Fsp3) is 0.533. The van der Waals surface area contributed by atoms with Crippen molar-refractivity contribution in [2.45, 2.75) is 25.9 Å². The minimum Gasteiger partial charge on any atom is -0.383 e. The summed E-state index contributed by atoms with van der Waals surface area (Å²) in [5, 5.41) is 6.62. The Bertz CT molecular complexity index is 456. The summed E-state index contributed by atoms with van der Waals surface area (Å²) in [6, 6.07) is 5.57. The third-order valence-electron chi connectivity index (χ3n) is 3.56. The van der Waals surface area contributed by atoms with Crippen molar-refractivity contribution in [1.29, 1.82) is 0 Å². The lowest BCUT2D eigenvalue weighted by Gasteiger charge is -2.23. The largest absolute Gasteiger partial charge is 0.383 e. The third-order valence-corrected chi connectivity index (χ3v) is 3.56. The number of amides is 1. The molecule has 1 aliphatic heterocycles. The van der Waals surface area contributed by atoms with Crippen LogP contribution in [0.1, 0.15) is 28.8 Å². The number of carbonyl (C=O) groups excluding carboxylic acids is 1. The standard InChI is InChI=1S/C15H23N3O2/c1-11-10-12(2-3-14(11)15(16)19)18-8-9-20-13-4-6-17-7-5-13/h2-3,10,13,17-18H,4-9H2,1H3,(H2,16,19). The van der Waals surface area contributed by atoms with Gasteiger partial charge in [-0.1, -0.05) is 0 Å². The average molecular weight is 277 g/mol. The lowest BCUT2D eigenvalue weighted by molar-refractivity contribution is 0.0394. The van der Waals surface area contributed by atoms with Gasteiger partial charge in [0, 0.05) is 17.8 Å². The number of aryl methyl sites for hydroxylation is 1. The van der Waals surface area contributed by atoms with Crippen molar-refractivity contribution < 1.29 is 9.53 Å². The molecule has 4 N–H and O–H groups in total. The Hall–Kier alpha value is -1.59. The molecule has 0 atom stereocenters. The number of hydrogen-bond acceptors (Lipinski definition) is 4. The summed E-state index contributed by atoms with van der Waals surface area (Å²) in [4.78, 5) is 11.1. The van der Waals surface area contributed by atoms with Crippen LogP contribution in [0.3, 0.4) is 0 Å². The lowest BCUT2D eigenvalue weighted by Crippen LogP contribution is -2.33. The van der Waals surface area contributed by atoms with Crippen LogP contribution in [0, 0.1) is 6.92 Å². The molecule has 1 aromatic rings. The summed E-state index contributed by atoms with van der Waals surface area (Å²) in [5.74, 6) is -0.386. The summed E-state index contributed by atoms with van der Waals surface area (Å²) in [5.41, 5.74) is 7.73. The first-order chi connectivity index (χ1) is 9.66. The zero-order valence-electron chi connectivity index (χ0n) is 11.9. The van der Waals surface area contributed by atoms with E-state index in [9.17, 15) is 4.79 Å². The molecule has 0 aliphatic carbocycles. The molecule has 2 rings (SSSR count). The second kappa shape index (κ2) is 7.26. The number of carbonyl (C=O) groups is 1. The zero-order chi connectivity index (χ0) is 14.4. The van der Waals surface area contributed by atoms with Gasteiger partial charge < -0.3 is 21.1 Å². The number of nitrogens with two attached hydrogens (primary N) is 1. The van der Waals surface area contributed by atoms with Crippen LogP contribution >= 0.6 is 0 Å². The van der Waals surface area contributed by atoms with Gasteiger partial charge in [0.15, 0.2) is 0 Å². The van der Waals surface area contributed by atoms with Crippen LogP contribution in [0.5, 0.6) is 0 Å². The molecule has 20 heavy (non-hydrogen) atoms. The van der Waals surface area contributed by atoms with E-state index >= 15 is 0 Å². The summed E-state index contributed by atoms with van der Waals surface area (Å²) in [6.07, 6.45) is 2.57. The smallest absolute Gasteiger partial charge is 0.248 e. The van der Waals surface area contributed by atoms with Crippen LogP contribution in [-0.4, -0.2) is 38.3 Å². The zero-order valence-corrected chi connectivity index (χ0v) is 11.9. The Morgan fingerprint density at radius 1 is 1.45 bits per heavy atom. The van der Waals surface area contributed by atoms with E-state index in [4.69, 9.17) is 10.5 Å². The quantitative estimate of drug-likeness (QED) is 0.685. The molecule has 110 valence electrons. The van der Waals surface area contributed by atoms with Gasteiger partial charge in [-0.15, -0.1) is 0 Å². The average Bonchev–Trinajstić information content (AvgIpc) is 2.44. The highest BCUT2D eigenvalue weighted by molar-refractivity contribution is 5.94. The minimum atomic E-state index is -0.386. The van der Waals surface area contributed by atoms with Crippen molar-refractivity contribution in [2.75, 3.05) is 31.6 Å². The molecule has 0 bridgehead atoms. The monoisotopic (exact) mass is 277 g/mol. The molecular formula is C15H23N3O2. The highest BCUT2D eigenvalue weighted by Gasteiger charge is 2.12. The van der Waals surface area contributed by atoms with Crippen molar-refractivity contribution in [3.8, 4) is 0 Å². The molecule has 0 unspecified atom stereocenters. The molecule has 5 heteroatoms. The number of primary amides is 1. The van der Waals surface area contributed by atoms with E-state index in [1.165, 1.54) is 0 Å². The van der Waals surface area contributed by atoms with Crippen LogP contribution in [-0.2, 0) is 4.74 Å². The maximum absolute atomic E-state index is 11.1. The van der Waals surface area contributed by atoms with E-state index in [-0.39, 0.29) is 5.91 Å². The van der Waals surface area contributed by atoms with Gasteiger partial charge >= 0.3 is 0 Å². The molecule has 5 nitrogen and oxygen atoms in total. The molecule has 1 fully saturated rings. The predicted octanol–water partition coefficient (Wildman–Crippen LogP) is 1.27. The first-order valence-electron chi connectivity index (χ1n) is 7.13. The van der Waals surface area contributed by atoms with Crippen molar-refractivity contribution in [3.05, 3.63) is 29.3 Å². The molecule has 1 heterocycles. The van der Waals surface area contributed by atoms with Gasteiger partial charge in [-0.3, -0.25) is 4.79 Å². The maximum atomic E-state index is 11.1. The topological polar surface area (TPSA) is 76.4 Å². The fourth-order valence-electron chi connectivity index (χ4n) is 2.43. The molecular weight excluding hydrogens is 254 g/mol. The summed E-state index contributed by atoms with van der Waals surface area (Å²) < 4.78 is 5.82. The van der Waals surface area contributed by atoms with Crippen molar-refractivity contribution in [3.63, 3.8) is 0 Å². The first kappa shape index (κ1) is 14.8. The second-order valence-corrected chi connectivity index (χ2v) is 5.14. The van der Waals surface area contributed by atoms with Crippen molar-refractivity contribution >= 4 is 11.6 Å². The SMILES string of the molecule is Cc1cc(NCCOC2CCNCC2)ccc1C(N)=O. The van der Waals surface area contributed by atoms with Gasteiger partial charge in [-0.2, -0.15) is 0 Å². The molecule has 1 saturated heterocycles. The fourth-order valence-corrected chi connectivity index (χ4v) is 2.43. The predicted molar refractivity (Wildman–Crippen MR) is 80.0 cm³/mol. The van der Waals surface area contributed by atoms with Gasteiger partial charge in [0.25, 0.3) is 0 Å². The van der Waals surface area contributed by atoms with Crippen LogP contribution in [0.15, 0.2) is 18.2 Å². The van der Waals surface area contributed by atoms with E-state index in [1.54, 1.807) is 6.07 Å². The van der Waals surface area contributed by atoms with Crippen LogP contribution in [0.25, 0.3) is 0 Å². The van der Waals surface area contributed by atoms with Gasteiger partial charge in [-0.05, 0) is 56.6 Å². The molecule has 0 aromatic heterocycles. The van der Waals surface area contributed by atoms with Crippen molar-refractivity contribution in [1.82, 2.24) is 5.32 Å². The molecule has 1 aromatic carbocycles.